The molecule has 0 spiro atoms. The third-order valence-electron chi connectivity index (χ3n) is 7.00. The zero-order valence-electron chi connectivity index (χ0n) is 16.9. The highest BCUT2D eigenvalue weighted by atomic mass is 16.5. The monoisotopic (exact) mass is 394 g/mol. The van der Waals surface area contributed by atoms with Gasteiger partial charge in [-0.1, -0.05) is 36.8 Å². The van der Waals surface area contributed by atoms with Gasteiger partial charge in [0, 0.05) is 24.0 Å². The molecule has 1 aliphatic heterocycles. The molecule has 154 valence electrons. The second-order valence-electron chi connectivity index (χ2n) is 9.03. The van der Waals surface area contributed by atoms with Crippen LogP contribution < -0.4 is 5.63 Å². The first-order valence-electron chi connectivity index (χ1n) is 11.3. The molecule has 3 aliphatic rings. The third-order valence-corrected chi connectivity index (χ3v) is 7.00. The molecule has 2 fully saturated rings. The van der Waals surface area contributed by atoms with E-state index in [0.29, 0.717) is 11.5 Å². The van der Waals surface area contributed by atoms with Gasteiger partial charge in [-0.25, -0.2) is 4.79 Å². The second-order valence-corrected chi connectivity index (χ2v) is 9.03. The van der Waals surface area contributed by atoms with Crippen molar-refractivity contribution in [1.29, 1.82) is 0 Å². The second kappa shape index (κ2) is 7.98. The van der Waals surface area contributed by atoms with Crippen LogP contribution in [0, 0.1) is 5.92 Å². The summed E-state index contributed by atoms with van der Waals surface area (Å²) in [7, 11) is 0. The predicted octanol–water partition coefficient (Wildman–Crippen LogP) is 5.27. The molecule has 3 unspecified atom stereocenters. The quantitative estimate of drug-likeness (QED) is 0.702. The highest BCUT2D eigenvalue weighted by Gasteiger charge is 2.39. The molecule has 1 saturated heterocycles. The summed E-state index contributed by atoms with van der Waals surface area (Å²) < 4.78 is 11.9. The molecule has 29 heavy (non-hydrogen) atoms. The van der Waals surface area contributed by atoms with Gasteiger partial charge in [-0.3, -0.25) is 0 Å². The van der Waals surface area contributed by atoms with Gasteiger partial charge in [-0.15, -0.1) is 0 Å². The Morgan fingerprint density at radius 3 is 2.59 bits per heavy atom. The average Bonchev–Trinajstić information content (AvgIpc) is 3.47. The average molecular weight is 395 g/mol. The van der Waals surface area contributed by atoms with Crippen LogP contribution in [0.25, 0.3) is 0 Å². The lowest BCUT2D eigenvalue weighted by atomic mass is 9.85. The van der Waals surface area contributed by atoms with E-state index in [1.807, 2.05) is 18.2 Å². The van der Waals surface area contributed by atoms with Gasteiger partial charge in [0.2, 0.25) is 0 Å². The normalized spacial score (nSPS) is 25.4. The van der Waals surface area contributed by atoms with Crippen molar-refractivity contribution in [1.82, 2.24) is 0 Å². The number of hydrogen-bond donors (Lipinski definition) is 1. The Morgan fingerprint density at radius 1 is 1.03 bits per heavy atom. The van der Waals surface area contributed by atoms with Crippen molar-refractivity contribution < 1.29 is 14.3 Å². The third kappa shape index (κ3) is 3.75. The maximum Gasteiger partial charge on any atom is 0.343 e. The Morgan fingerprint density at radius 2 is 1.86 bits per heavy atom. The number of fused-ring (bicyclic) bond motifs is 1. The molecule has 0 radical (unpaired) electrons. The first kappa shape index (κ1) is 18.9. The fraction of sp³-hybridized carbons (Fsp3) is 0.560. The molecule has 0 amide bonds. The van der Waals surface area contributed by atoms with Crippen LogP contribution in [0.4, 0.5) is 0 Å². The maximum absolute atomic E-state index is 13.2. The summed E-state index contributed by atoms with van der Waals surface area (Å²) in [5, 5.41) is 11.3. The number of hydrogen-bond acceptors (Lipinski definition) is 4. The molecule has 4 nitrogen and oxygen atoms in total. The van der Waals surface area contributed by atoms with Crippen LogP contribution in [-0.4, -0.2) is 17.8 Å². The zero-order valence-corrected chi connectivity index (χ0v) is 16.9. The summed E-state index contributed by atoms with van der Waals surface area (Å²) >= 11 is 0. The van der Waals surface area contributed by atoms with E-state index in [4.69, 9.17) is 9.15 Å². The molecule has 1 N–H and O–H groups in total. The van der Waals surface area contributed by atoms with Gasteiger partial charge in [-0.05, 0) is 62.8 Å². The van der Waals surface area contributed by atoms with Gasteiger partial charge in [0.25, 0.3) is 0 Å². The molecule has 0 bridgehead atoms. The standard InChI is InChI=1S/C25H30O4/c26-23-20-11-5-4-9-18(15-19-10-6-14-28-19)24(20)29-25(27)22(23)21(17-12-13-17)16-7-2-1-3-8-16/h1-3,7-8,17-19,21,26H,4-6,9-15H2. The summed E-state index contributed by atoms with van der Waals surface area (Å²) in [6.45, 7) is 0.832. The van der Waals surface area contributed by atoms with Crippen LogP contribution in [0.2, 0.25) is 0 Å². The van der Waals surface area contributed by atoms with Crippen LogP contribution in [0.5, 0.6) is 5.75 Å². The highest BCUT2D eigenvalue weighted by molar-refractivity contribution is 5.47. The molecule has 2 aromatic rings. The van der Waals surface area contributed by atoms with Crippen molar-refractivity contribution in [2.45, 2.75) is 75.7 Å². The molecule has 5 rings (SSSR count). The molecule has 2 aliphatic carbocycles. The van der Waals surface area contributed by atoms with E-state index in [9.17, 15) is 9.90 Å². The Hall–Kier alpha value is -2.07. The number of rotatable bonds is 5. The van der Waals surface area contributed by atoms with Crippen molar-refractivity contribution in [3.8, 4) is 5.75 Å². The van der Waals surface area contributed by atoms with E-state index < -0.39 is 0 Å². The minimum Gasteiger partial charge on any atom is -0.507 e. The van der Waals surface area contributed by atoms with Gasteiger partial charge >= 0.3 is 5.63 Å². The molecule has 1 aromatic carbocycles. The molecule has 4 heteroatoms. The van der Waals surface area contributed by atoms with Gasteiger partial charge in [0.1, 0.15) is 11.5 Å². The Kier molecular flexibility index (Phi) is 5.21. The van der Waals surface area contributed by atoms with Crippen molar-refractivity contribution in [3.05, 3.63) is 63.2 Å². The lowest BCUT2D eigenvalue weighted by Gasteiger charge is -2.23. The Labute approximate surface area is 171 Å². The van der Waals surface area contributed by atoms with Crippen LogP contribution in [0.1, 0.15) is 85.7 Å². The highest BCUT2D eigenvalue weighted by Crippen LogP contribution is 2.49. The molecular weight excluding hydrogens is 364 g/mol. The lowest BCUT2D eigenvalue weighted by Crippen LogP contribution is -2.20. The lowest BCUT2D eigenvalue weighted by molar-refractivity contribution is 0.0943. The Balaban J connectivity index is 1.56. The smallest absolute Gasteiger partial charge is 0.343 e. The largest absolute Gasteiger partial charge is 0.507 e. The van der Waals surface area contributed by atoms with Crippen LogP contribution in [-0.2, 0) is 11.2 Å². The van der Waals surface area contributed by atoms with Crippen molar-refractivity contribution in [2.24, 2.45) is 5.92 Å². The van der Waals surface area contributed by atoms with Crippen molar-refractivity contribution in [3.63, 3.8) is 0 Å². The zero-order chi connectivity index (χ0) is 19.8. The van der Waals surface area contributed by atoms with Crippen molar-refractivity contribution >= 4 is 0 Å². The molecular formula is C25H30O4. The first-order valence-corrected chi connectivity index (χ1v) is 11.3. The minimum absolute atomic E-state index is 0.0716. The van der Waals surface area contributed by atoms with Crippen LogP contribution in [0.15, 0.2) is 39.5 Å². The van der Waals surface area contributed by atoms with E-state index in [1.54, 1.807) is 0 Å². The summed E-state index contributed by atoms with van der Waals surface area (Å²) in [5.41, 5.74) is 2.11. The number of ether oxygens (including phenoxy) is 1. The van der Waals surface area contributed by atoms with Gasteiger partial charge in [-0.2, -0.15) is 0 Å². The van der Waals surface area contributed by atoms with Crippen molar-refractivity contribution in [2.75, 3.05) is 6.61 Å². The summed E-state index contributed by atoms with van der Waals surface area (Å²) in [4.78, 5) is 13.2. The fourth-order valence-corrected chi connectivity index (χ4v) is 5.40. The fourth-order valence-electron chi connectivity index (χ4n) is 5.40. The topological polar surface area (TPSA) is 59.7 Å². The van der Waals surface area contributed by atoms with Crippen LogP contribution in [0.3, 0.4) is 0 Å². The SMILES string of the molecule is O=c1oc2c(c(O)c1C(c1ccccc1)C1CC1)CCCCC2CC1CCCO1. The van der Waals surface area contributed by atoms with E-state index in [2.05, 4.69) is 12.1 Å². The number of aromatic hydroxyl groups is 1. The van der Waals surface area contributed by atoms with Gasteiger partial charge in [0.15, 0.2) is 0 Å². The van der Waals surface area contributed by atoms with Gasteiger partial charge < -0.3 is 14.3 Å². The predicted molar refractivity (Wildman–Crippen MR) is 112 cm³/mol. The molecule has 3 atom stereocenters. The summed E-state index contributed by atoms with van der Waals surface area (Å²) in [5.74, 6) is 1.44. The first-order chi connectivity index (χ1) is 14.2. The van der Waals surface area contributed by atoms with E-state index in [0.717, 1.165) is 81.3 Å². The number of benzene rings is 1. The van der Waals surface area contributed by atoms with Gasteiger partial charge in [0.05, 0.1) is 11.7 Å². The van der Waals surface area contributed by atoms with E-state index >= 15 is 0 Å². The summed E-state index contributed by atoms with van der Waals surface area (Å²) in [6.07, 6.45) is 9.42. The minimum atomic E-state index is -0.346. The Bertz CT molecular complexity index is 906. The molecule has 1 aromatic heterocycles. The molecule has 2 heterocycles. The molecule has 1 saturated carbocycles. The summed E-state index contributed by atoms with van der Waals surface area (Å²) in [6, 6.07) is 10.1. The maximum atomic E-state index is 13.2. The van der Waals surface area contributed by atoms with E-state index in [-0.39, 0.29) is 29.3 Å². The van der Waals surface area contributed by atoms with Crippen LogP contribution >= 0.6 is 0 Å². The van der Waals surface area contributed by atoms with E-state index in [1.165, 1.54) is 0 Å².